The second kappa shape index (κ2) is 9.66. The van der Waals surface area contributed by atoms with Crippen LogP contribution in [0.15, 0.2) is 29.3 Å². The Morgan fingerprint density at radius 3 is 2.73 bits per heavy atom. The van der Waals surface area contributed by atoms with Crippen LogP contribution in [-0.2, 0) is 6.54 Å². The fourth-order valence-corrected chi connectivity index (χ4v) is 2.58. The third-order valence-corrected chi connectivity index (χ3v) is 3.67. The third-order valence-electron chi connectivity index (χ3n) is 3.67. The van der Waals surface area contributed by atoms with E-state index in [-0.39, 0.29) is 24.0 Å². The molecule has 1 aliphatic rings. The van der Waals surface area contributed by atoms with Crippen LogP contribution in [0.4, 0.5) is 0 Å². The number of hydrogen-bond acceptors (Lipinski definition) is 2. The number of guanidine groups is 1. The summed E-state index contributed by atoms with van der Waals surface area (Å²) in [6, 6.07) is 7.83. The Labute approximate surface area is 149 Å². The number of primary amides is 1. The minimum atomic E-state index is -0.406. The van der Waals surface area contributed by atoms with Crippen molar-refractivity contribution in [3.8, 4) is 0 Å². The fourth-order valence-electron chi connectivity index (χ4n) is 2.58. The molecule has 0 spiro atoms. The first-order valence-electron chi connectivity index (χ1n) is 7.62. The molecule has 1 aliphatic carbocycles. The van der Waals surface area contributed by atoms with Gasteiger partial charge in [0.25, 0.3) is 0 Å². The lowest BCUT2D eigenvalue weighted by atomic mass is 10.1. The van der Waals surface area contributed by atoms with Gasteiger partial charge in [-0.3, -0.25) is 4.79 Å². The second-order valence-corrected chi connectivity index (χ2v) is 5.39. The molecule has 5 nitrogen and oxygen atoms in total. The summed E-state index contributed by atoms with van der Waals surface area (Å²) in [5.41, 5.74) is 6.80. The summed E-state index contributed by atoms with van der Waals surface area (Å²) < 4.78 is 0. The van der Waals surface area contributed by atoms with Crippen LogP contribution in [0.25, 0.3) is 0 Å². The van der Waals surface area contributed by atoms with Crippen LogP contribution in [-0.4, -0.2) is 24.5 Å². The highest BCUT2D eigenvalue weighted by molar-refractivity contribution is 14.0. The van der Waals surface area contributed by atoms with E-state index in [4.69, 9.17) is 5.73 Å². The molecule has 0 atom stereocenters. The molecule has 6 heteroatoms. The van der Waals surface area contributed by atoms with E-state index in [2.05, 4.69) is 22.5 Å². The van der Waals surface area contributed by atoms with Crippen molar-refractivity contribution < 1.29 is 4.79 Å². The second-order valence-electron chi connectivity index (χ2n) is 5.39. The number of aliphatic imine (C=N–C) groups is 1. The summed E-state index contributed by atoms with van der Waals surface area (Å²) in [4.78, 5) is 15.8. The van der Waals surface area contributed by atoms with Crippen LogP contribution in [0.2, 0.25) is 0 Å². The van der Waals surface area contributed by atoms with E-state index in [1.54, 1.807) is 12.1 Å². The molecule has 0 saturated heterocycles. The van der Waals surface area contributed by atoms with Crippen molar-refractivity contribution in [3.63, 3.8) is 0 Å². The van der Waals surface area contributed by atoms with Crippen LogP contribution in [0.5, 0.6) is 0 Å². The lowest BCUT2D eigenvalue weighted by Gasteiger charge is -2.16. The summed E-state index contributed by atoms with van der Waals surface area (Å²) >= 11 is 0. The molecule has 0 aliphatic heterocycles. The van der Waals surface area contributed by atoms with E-state index in [0.29, 0.717) is 18.2 Å². The highest BCUT2D eigenvalue weighted by atomic mass is 127. The Morgan fingerprint density at radius 1 is 1.36 bits per heavy atom. The molecule has 1 saturated carbocycles. The molecule has 0 unspecified atom stereocenters. The van der Waals surface area contributed by atoms with Gasteiger partial charge in [0.2, 0.25) is 5.91 Å². The predicted molar refractivity (Wildman–Crippen MR) is 101 cm³/mol. The first-order valence-corrected chi connectivity index (χ1v) is 7.62. The van der Waals surface area contributed by atoms with E-state index in [1.807, 2.05) is 12.1 Å². The molecule has 1 amide bonds. The summed E-state index contributed by atoms with van der Waals surface area (Å²) in [5.74, 6) is 0.436. The molecule has 2 rings (SSSR count). The molecule has 1 aromatic carbocycles. The molecule has 22 heavy (non-hydrogen) atoms. The van der Waals surface area contributed by atoms with Gasteiger partial charge in [-0.2, -0.15) is 0 Å². The zero-order valence-corrected chi connectivity index (χ0v) is 15.3. The van der Waals surface area contributed by atoms with E-state index in [0.717, 1.165) is 18.1 Å². The maximum Gasteiger partial charge on any atom is 0.248 e. The number of nitrogens with two attached hydrogens (primary N) is 1. The lowest BCUT2D eigenvalue weighted by molar-refractivity contribution is 0.1000. The Morgan fingerprint density at radius 2 is 2.09 bits per heavy atom. The zero-order valence-electron chi connectivity index (χ0n) is 13.0. The van der Waals surface area contributed by atoms with Crippen LogP contribution in [0.1, 0.15) is 48.5 Å². The normalized spacial score (nSPS) is 15.2. The number of rotatable bonds is 5. The van der Waals surface area contributed by atoms with Crippen molar-refractivity contribution in [3.05, 3.63) is 35.4 Å². The quantitative estimate of drug-likeness (QED) is 0.392. The van der Waals surface area contributed by atoms with E-state index in [1.165, 1.54) is 25.7 Å². The molecular formula is C16H25IN4O. The maximum absolute atomic E-state index is 11.2. The van der Waals surface area contributed by atoms with Gasteiger partial charge in [0, 0.05) is 18.2 Å². The van der Waals surface area contributed by atoms with Crippen LogP contribution in [0, 0.1) is 0 Å². The monoisotopic (exact) mass is 416 g/mol. The van der Waals surface area contributed by atoms with Crippen molar-refractivity contribution >= 4 is 35.8 Å². The predicted octanol–water partition coefficient (Wildman–Crippen LogP) is 2.40. The Bertz CT molecular complexity index is 513. The molecular weight excluding hydrogens is 391 g/mol. The van der Waals surface area contributed by atoms with Gasteiger partial charge in [-0.1, -0.05) is 25.0 Å². The van der Waals surface area contributed by atoms with Crippen molar-refractivity contribution in [1.29, 1.82) is 0 Å². The Balaban J connectivity index is 0.00000242. The number of benzene rings is 1. The van der Waals surface area contributed by atoms with Crippen molar-refractivity contribution in [1.82, 2.24) is 10.6 Å². The average molecular weight is 416 g/mol. The molecule has 0 radical (unpaired) electrons. The van der Waals surface area contributed by atoms with Crippen LogP contribution in [0.3, 0.4) is 0 Å². The smallest absolute Gasteiger partial charge is 0.248 e. The Hall–Kier alpha value is -1.31. The Kier molecular flexibility index (Phi) is 8.22. The van der Waals surface area contributed by atoms with Gasteiger partial charge >= 0.3 is 0 Å². The van der Waals surface area contributed by atoms with Crippen molar-refractivity contribution in [2.75, 3.05) is 6.54 Å². The molecule has 1 aromatic rings. The minimum Gasteiger partial charge on any atom is -0.366 e. The number of nitrogens with zero attached hydrogens (tertiary/aromatic N) is 1. The number of hydrogen-bond donors (Lipinski definition) is 3. The van der Waals surface area contributed by atoms with Gasteiger partial charge in [-0.05, 0) is 37.5 Å². The minimum absolute atomic E-state index is 0. The number of nitrogens with one attached hydrogen (secondary N) is 2. The molecule has 0 aromatic heterocycles. The van der Waals surface area contributed by atoms with E-state index in [9.17, 15) is 4.79 Å². The highest BCUT2D eigenvalue weighted by Crippen LogP contribution is 2.17. The molecule has 1 fully saturated rings. The molecule has 0 heterocycles. The van der Waals surface area contributed by atoms with Gasteiger partial charge in [-0.25, -0.2) is 4.99 Å². The number of carbonyl (C=O) groups is 1. The average Bonchev–Trinajstić information content (AvgIpc) is 2.98. The number of halogens is 1. The standard InChI is InChI=1S/C16H24N4O.HI/c1-2-18-16(20-14-8-3-4-9-14)19-11-12-6-5-7-13(10-12)15(17)21;/h5-7,10,14H,2-4,8-9,11H2,1H3,(H2,17,21)(H2,18,19,20);1H. The summed E-state index contributed by atoms with van der Waals surface area (Å²) in [5, 5.41) is 6.74. The molecule has 0 bridgehead atoms. The summed E-state index contributed by atoms with van der Waals surface area (Å²) in [6.07, 6.45) is 5.00. The fraction of sp³-hybridized carbons (Fsp3) is 0.500. The first-order chi connectivity index (χ1) is 10.2. The third kappa shape index (κ3) is 5.82. The van der Waals surface area contributed by atoms with Gasteiger partial charge in [0.15, 0.2) is 5.96 Å². The highest BCUT2D eigenvalue weighted by Gasteiger charge is 2.15. The van der Waals surface area contributed by atoms with Gasteiger partial charge in [-0.15, -0.1) is 24.0 Å². The van der Waals surface area contributed by atoms with Crippen LogP contribution < -0.4 is 16.4 Å². The molecule has 4 N–H and O–H groups in total. The topological polar surface area (TPSA) is 79.5 Å². The van der Waals surface area contributed by atoms with Crippen molar-refractivity contribution in [2.24, 2.45) is 10.7 Å². The van der Waals surface area contributed by atoms with Gasteiger partial charge in [0.05, 0.1) is 6.54 Å². The summed E-state index contributed by atoms with van der Waals surface area (Å²) in [6.45, 7) is 3.42. The lowest BCUT2D eigenvalue weighted by Crippen LogP contribution is -2.42. The zero-order chi connectivity index (χ0) is 15.1. The maximum atomic E-state index is 11.2. The summed E-state index contributed by atoms with van der Waals surface area (Å²) in [7, 11) is 0. The number of amides is 1. The molecule has 122 valence electrons. The van der Waals surface area contributed by atoms with E-state index < -0.39 is 5.91 Å². The largest absolute Gasteiger partial charge is 0.366 e. The van der Waals surface area contributed by atoms with Crippen LogP contribution >= 0.6 is 24.0 Å². The first kappa shape index (κ1) is 18.7. The SMILES string of the molecule is CCNC(=NCc1cccc(C(N)=O)c1)NC1CCCC1.I. The van der Waals surface area contributed by atoms with E-state index >= 15 is 0 Å². The van der Waals surface area contributed by atoms with Crippen molar-refractivity contribution in [2.45, 2.75) is 45.2 Å². The van der Waals surface area contributed by atoms with Gasteiger partial charge < -0.3 is 16.4 Å². The number of carbonyl (C=O) groups excluding carboxylic acids is 1. The van der Waals surface area contributed by atoms with Gasteiger partial charge in [0.1, 0.15) is 0 Å².